The number of nitrogens with zero attached hydrogens (tertiary/aromatic N) is 2. The van der Waals surface area contributed by atoms with Gasteiger partial charge in [0, 0.05) is 35.2 Å². The maximum absolute atomic E-state index is 13.7. The van der Waals surface area contributed by atoms with Gasteiger partial charge in [0.25, 0.3) is 0 Å². The molecule has 1 saturated heterocycles. The Morgan fingerprint density at radius 2 is 1.78 bits per heavy atom. The molecule has 3 aromatic rings. The number of hydrogen-bond donors (Lipinski definition) is 2. The zero-order valence-corrected chi connectivity index (χ0v) is 18.4. The highest BCUT2D eigenvalue weighted by Gasteiger charge is 2.38. The molecule has 0 saturated carbocycles. The van der Waals surface area contributed by atoms with Gasteiger partial charge in [-0.25, -0.2) is 9.37 Å². The van der Waals surface area contributed by atoms with Gasteiger partial charge >= 0.3 is 0 Å². The molecule has 0 radical (unpaired) electrons. The van der Waals surface area contributed by atoms with Gasteiger partial charge in [0.1, 0.15) is 11.6 Å². The van der Waals surface area contributed by atoms with Crippen LogP contribution in [0.15, 0.2) is 71.9 Å². The molecule has 32 heavy (non-hydrogen) atoms. The van der Waals surface area contributed by atoms with Crippen LogP contribution in [0.25, 0.3) is 11.3 Å². The molecule has 1 fully saturated rings. The Bertz CT molecular complexity index is 1110. The molecule has 2 atom stereocenters. The van der Waals surface area contributed by atoms with E-state index in [1.54, 1.807) is 0 Å². The Balaban J connectivity index is 1.62. The van der Waals surface area contributed by atoms with Gasteiger partial charge in [-0.05, 0) is 62.2 Å². The Morgan fingerprint density at radius 1 is 1.03 bits per heavy atom. The lowest BCUT2D eigenvalue weighted by molar-refractivity contribution is 0.291. The van der Waals surface area contributed by atoms with E-state index in [-0.39, 0.29) is 23.1 Å². The molecule has 1 aromatic heterocycles. The molecule has 0 bridgehead atoms. The number of hydrogen-bond acceptors (Lipinski definition) is 3. The predicted molar refractivity (Wildman–Crippen MR) is 127 cm³/mol. The lowest BCUT2D eigenvalue weighted by Gasteiger charge is -2.36. The van der Waals surface area contributed by atoms with Gasteiger partial charge < -0.3 is 10.3 Å². The van der Waals surface area contributed by atoms with E-state index >= 15 is 0 Å². The molecule has 0 spiro atoms. The summed E-state index contributed by atoms with van der Waals surface area (Å²) >= 11 is 0. The molecule has 5 heteroatoms. The zero-order valence-electron chi connectivity index (χ0n) is 18.4. The van der Waals surface area contributed by atoms with Crippen LogP contribution in [0.2, 0.25) is 0 Å². The highest BCUT2D eigenvalue weighted by atomic mass is 19.1. The summed E-state index contributed by atoms with van der Waals surface area (Å²) in [5, 5.41) is 3.51. The van der Waals surface area contributed by atoms with E-state index in [0.29, 0.717) is 0 Å². The summed E-state index contributed by atoms with van der Waals surface area (Å²) < 4.78 is 13.7. The fourth-order valence-corrected chi connectivity index (χ4v) is 5.05. The van der Waals surface area contributed by atoms with E-state index in [1.807, 2.05) is 24.5 Å². The standard InChI is InChI=1S/C27H29FN4/c1-19-18-30-14-11-23(19)25-24(21-7-9-22(28)10-8-21)31-26(32-25)27(12-15-29-16-13-27)17-20-5-3-2-4-6-20/h2-11,14,18-19,23,29H,12-13,15-17H2,1H3,(H,31,32). The fourth-order valence-electron chi connectivity index (χ4n) is 5.05. The number of allylic oxidation sites excluding steroid dienone is 1. The molecule has 2 N–H and O–H groups in total. The third-order valence-corrected chi connectivity index (χ3v) is 6.90. The molecule has 4 nitrogen and oxygen atoms in total. The van der Waals surface area contributed by atoms with E-state index < -0.39 is 0 Å². The number of halogens is 1. The summed E-state index contributed by atoms with van der Waals surface area (Å²) in [5.41, 5.74) is 4.22. The third-order valence-electron chi connectivity index (χ3n) is 6.90. The van der Waals surface area contributed by atoms with Gasteiger partial charge in [-0.3, -0.25) is 4.99 Å². The van der Waals surface area contributed by atoms with Crippen LogP contribution >= 0.6 is 0 Å². The van der Waals surface area contributed by atoms with Gasteiger partial charge in [0.2, 0.25) is 0 Å². The number of aromatic nitrogens is 2. The first-order valence-corrected chi connectivity index (χ1v) is 11.5. The van der Waals surface area contributed by atoms with Gasteiger partial charge in [-0.15, -0.1) is 0 Å². The molecule has 2 aliphatic rings. The molecule has 164 valence electrons. The minimum atomic E-state index is -0.233. The highest BCUT2D eigenvalue weighted by molar-refractivity contribution is 5.69. The maximum Gasteiger partial charge on any atom is 0.123 e. The van der Waals surface area contributed by atoms with Crippen molar-refractivity contribution in [2.45, 2.75) is 37.5 Å². The molecule has 0 aliphatic carbocycles. The monoisotopic (exact) mass is 428 g/mol. The van der Waals surface area contributed by atoms with Gasteiger partial charge in [0.15, 0.2) is 0 Å². The Labute approximate surface area is 188 Å². The van der Waals surface area contributed by atoms with Crippen molar-refractivity contribution in [3.8, 4) is 11.3 Å². The lowest BCUT2D eigenvalue weighted by Crippen LogP contribution is -2.42. The van der Waals surface area contributed by atoms with Crippen LogP contribution in [0.5, 0.6) is 0 Å². The predicted octanol–water partition coefficient (Wildman–Crippen LogP) is 5.40. The van der Waals surface area contributed by atoms with Gasteiger partial charge in [-0.2, -0.15) is 0 Å². The number of rotatable bonds is 5. The first-order chi connectivity index (χ1) is 15.6. The SMILES string of the molecule is CC1C=NC=CC1c1[nH]c(C2(Cc3ccccc3)CCNCC2)nc1-c1ccc(F)cc1. The van der Waals surface area contributed by atoms with E-state index in [9.17, 15) is 4.39 Å². The Hall–Kier alpha value is -3.05. The van der Waals surface area contributed by atoms with Crippen LogP contribution in [0, 0.1) is 11.7 Å². The molecular formula is C27H29FN4. The zero-order chi connectivity index (χ0) is 22.0. The number of benzene rings is 2. The molecule has 0 amide bonds. The van der Waals surface area contributed by atoms with Crippen LogP contribution in [-0.2, 0) is 11.8 Å². The van der Waals surface area contributed by atoms with Gasteiger partial charge in [-0.1, -0.05) is 43.3 Å². The number of H-pyrrole nitrogens is 1. The summed E-state index contributed by atoms with van der Waals surface area (Å²) in [6.07, 6.45) is 8.99. The second kappa shape index (κ2) is 8.83. The molecule has 2 unspecified atom stereocenters. The average Bonchev–Trinajstić information content (AvgIpc) is 3.27. The smallest absolute Gasteiger partial charge is 0.123 e. The minimum absolute atomic E-state index is 0.0602. The number of aliphatic imine (C=N–C) groups is 1. The number of imidazole rings is 1. The summed E-state index contributed by atoms with van der Waals surface area (Å²) in [5.74, 6) is 1.22. The molecule has 5 rings (SSSR count). The van der Waals surface area contributed by atoms with Crippen LogP contribution < -0.4 is 5.32 Å². The Morgan fingerprint density at radius 3 is 2.50 bits per heavy atom. The topological polar surface area (TPSA) is 53.1 Å². The van der Waals surface area contributed by atoms with Crippen molar-refractivity contribution in [3.05, 3.63) is 89.8 Å². The first kappa shape index (κ1) is 20.8. The van der Waals surface area contributed by atoms with Crippen LogP contribution in [0.1, 0.15) is 42.8 Å². The van der Waals surface area contributed by atoms with Crippen LogP contribution in [-0.4, -0.2) is 29.3 Å². The summed E-state index contributed by atoms with van der Waals surface area (Å²) in [4.78, 5) is 13.3. The summed E-state index contributed by atoms with van der Waals surface area (Å²) in [6, 6.07) is 17.4. The Kier molecular flexibility index (Phi) is 5.75. The first-order valence-electron chi connectivity index (χ1n) is 11.5. The quantitative estimate of drug-likeness (QED) is 0.572. The second-order valence-electron chi connectivity index (χ2n) is 9.07. The fraction of sp³-hybridized carbons (Fsp3) is 0.333. The lowest BCUT2D eigenvalue weighted by atomic mass is 9.73. The third kappa shape index (κ3) is 4.05. The van der Waals surface area contributed by atoms with Crippen molar-refractivity contribution >= 4 is 6.21 Å². The van der Waals surface area contributed by atoms with Crippen molar-refractivity contribution < 1.29 is 4.39 Å². The number of piperidine rings is 1. The van der Waals surface area contributed by atoms with Crippen LogP contribution in [0.3, 0.4) is 0 Å². The highest BCUT2D eigenvalue weighted by Crippen LogP contribution is 2.40. The summed E-state index contributed by atoms with van der Waals surface area (Å²) in [6.45, 7) is 4.12. The van der Waals surface area contributed by atoms with E-state index in [4.69, 9.17) is 4.98 Å². The largest absolute Gasteiger partial charge is 0.344 e. The molecule has 3 heterocycles. The molecular weight excluding hydrogens is 399 g/mol. The summed E-state index contributed by atoms with van der Waals surface area (Å²) in [7, 11) is 0. The van der Waals surface area contributed by atoms with Crippen molar-refractivity contribution in [2.24, 2.45) is 10.9 Å². The second-order valence-corrected chi connectivity index (χ2v) is 9.07. The van der Waals surface area contributed by atoms with E-state index in [0.717, 1.165) is 55.1 Å². The maximum atomic E-state index is 13.7. The van der Waals surface area contributed by atoms with Crippen LogP contribution in [0.4, 0.5) is 4.39 Å². The van der Waals surface area contributed by atoms with Crippen molar-refractivity contribution in [1.82, 2.24) is 15.3 Å². The van der Waals surface area contributed by atoms with Crippen molar-refractivity contribution in [2.75, 3.05) is 13.1 Å². The number of nitrogens with one attached hydrogen (secondary N) is 2. The average molecular weight is 429 g/mol. The normalized spacial score (nSPS) is 22.2. The van der Waals surface area contributed by atoms with E-state index in [1.165, 1.54) is 17.7 Å². The molecule has 2 aromatic carbocycles. The molecule has 2 aliphatic heterocycles. The minimum Gasteiger partial charge on any atom is -0.344 e. The van der Waals surface area contributed by atoms with E-state index in [2.05, 4.69) is 58.6 Å². The number of aromatic amines is 1. The van der Waals surface area contributed by atoms with Gasteiger partial charge in [0.05, 0.1) is 11.4 Å². The van der Waals surface area contributed by atoms with Crippen molar-refractivity contribution in [1.29, 1.82) is 0 Å². The van der Waals surface area contributed by atoms with Crippen molar-refractivity contribution in [3.63, 3.8) is 0 Å².